The van der Waals surface area contributed by atoms with E-state index in [0.717, 1.165) is 31.4 Å². The molecular formula is C14H9BrIN3O. The summed E-state index contributed by atoms with van der Waals surface area (Å²) in [5.41, 5.74) is 3.42. The number of fused-ring (bicyclic) bond motifs is 1. The van der Waals surface area contributed by atoms with Gasteiger partial charge in [-0.2, -0.15) is 0 Å². The molecule has 0 radical (unpaired) electrons. The third-order valence-electron chi connectivity index (χ3n) is 2.95. The number of carbonyl (C=O) groups is 1. The summed E-state index contributed by atoms with van der Waals surface area (Å²) in [6.07, 6.45) is 0.848. The zero-order valence-electron chi connectivity index (χ0n) is 10.3. The minimum atomic E-state index is 0.622. The molecule has 0 aliphatic rings. The molecule has 100 valence electrons. The number of aldehydes is 1. The molecule has 0 saturated carbocycles. The maximum atomic E-state index is 10.9. The number of pyridine rings is 1. The van der Waals surface area contributed by atoms with Crippen LogP contribution in [0.2, 0.25) is 0 Å². The highest BCUT2D eigenvalue weighted by atomic mass is 127. The van der Waals surface area contributed by atoms with Gasteiger partial charge in [-0.1, -0.05) is 6.07 Å². The Morgan fingerprint density at radius 3 is 2.85 bits per heavy atom. The molecule has 0 N–H and O–H groups in total. The number of aromatic nitrogens is 3. The van der Waals surface area contributed by atoms with Gasteiger partial charge in [-0.25, -0.2) is 9.97 Å². The van der Waals surface area contributed by atoms with E-state index >= 15 is 0 Å². The van der Waals surface area contributed by atoms with Crippen LogP contribution >= 0.6 is 38.5 Å². The first-order chi connectivity index (χ1) is 9.67. The molecule has 0 spiro atoms. The van der Waals surface area contributed by atoms with Crippen LogP contribution in [0, 0.1) is 3.83 Å². The summed E-state index contributed by atoms with van der Waals surface area (Å²) < 4.78 is 3.74. The van der Waals surface area contributed by atoms with Crippen molar-refractivity contribution in [3.05, 3.63) is 56.1 Å². The van der Waals surface area contributed by atoms with E-state index in [2.05, 4.69) is 53.1 Å². The summed E-state index contributed by atoms with van der Waals surface area (Å²) in [4.78, 5) is 19.9. The standard InChI is InChI=1S/C14H9BrIN3O/c15-13-3-1-2-10(17-13)7-19-12-6-9(8-20)4-5-11(12)18-14(19)16/h1-6,8H,7H2. The van der Waals surface area contributed by atoms with Crippen LogP contribution in [0.5, 0.6) is 0 Å². The summed E-state index contributed by atoms with van der Waals surface area (Å²) in [6, 6.07) is 11.3. The van der Waals surface area contributed by atoms with Crippen molar-refractivity contribution >= 4 is 55.8 Å². The van der Waals surface area contributed by atoms with Crippen molar-refractivity contribution in [3.63, 3.8) is 0 Å². The highest BCUT2D eigenvalue weighted by Gasteiger charge is 2.10. The monoisotopic (exact) mass is 441 g/mol. The van der Waals surface area contributed by atoms with Crippen molar-refractivity contribution in [1.82, 2.24) is 14.5 Å². The Kier molecular flexibility index (Phi) is 3.84. The van der Waals surface area contributed by atoms with E-state index in [-0.39, 0.29) is 0 Å². The molecule has 2 aromatic heterocycles. The highest BCUT2D eigenvalue weighted by Crippen LogP contribution is 2.20. The van der Waals surface area contributed by atoms with E-state index in [9.17, 15) is 4.79 Å². The minimum absolute atomic E-state index is 0.622. The van der Waals surface area contributed by atoms with Crippen LogP contribution in [0.3, 0.4) is 0 Å². The lowest BCUT2D eigenvalue weighted by Gasteiger charge is -2.06. The Morgan fingerprint density at radius 1 is 1.25 bits per heavy atom. The van der Waals surface area contributed by atoms with Crippen LogP contribution in [0.4, 0.5) is 0 Å². The molecule has 0 amide bonds. The van der Waals surface area contributed by atoms with Crippen molar-refractivity contribution in [2.24, 2.45) is 0 Å². The Labute approximate surface area is 137 Å². The Hall–Kier alpha value is -1.28. The topological polar surface area (TPSA) is 47.8 Å². The smallest absolute Gasteiger partial charge is 0.172 e. The van der Waals surface area contributed by atoms with Gasteiger partial charge >= 0.3 is 0 Å². The number of hydrogen-bond donors (Lipinski definition) is 0. The molecule has 0 aliphatic carbocycles. The van der Waals surface area contributed by atoms with Gasteiger partial charge in [-0.05, 0) is 68.9 Å². The third-order valence-corrected chi connectivity index (χ3v) is 4.22. The maximum Gasteiger partial charge on any atom is 0.172 e. The number of halogens is 2. The molecule has 2 heterocycles. The summed E-state index contributed by atoms with van der Waals surface area (Å²) in [5, 5.41) is 0. The Morgan fingerprint density at radius 2 is 2.10 bits per heavy atom. The van der Waals surface area contributed by atoms with Gasteiger partial charge in [0.05, 0.1) is 23.3 Å². The fourth-order valence-corrected chi connectivity index (χ4v) is 3.11. The Bertz CT molecular complexity index is 800. The van der Waals surface area contributed by atoms with Crippen LogP contribution in [-0.4, -0.2) is 20.8 Å². The number of nitrogens with zero attached hydrogens (tertiary/aromatic N) is 3. The lowest BCUT2D eigenvalue weighted by molar-refractivity contribution is 0.112. The number of benzene rings is 1. The molecule has 0 aliphatic heterocycles. The van der Waals surface area contributed by atoms with E-state index in [1.54, 1.807) is 6.07 Å². The minimum Gasteiger partial charge on any atom is -0.313 e. The maximum absolute atomic E-state index is 10.9. The second kappa shape index (κ2) is 5.61. The molecule has 4 nitrogen and oxygen atoms in total. The van der Waals surface area contributed by atoms with Gasteiger partial charge in [0.2, 0.25) is 0 Å². The van der Waals surface area contributed by atoms with Crippen molar-refractivity contribution in [3.8, 4) is 0 Å². The summed E-state index contributed by atoms with van der Waals surface area (Å²) in [7, 11) is 0. The number of imidazole rings is 1. The SMILES string of the molecule is O=Cc1ccc2nc(I)n(Cc3cccc(Br)n3)c2c1. The number of hydrogen-bond acceptors (Lipinski definition) is 3. The Balaban J connectivity index is 2.10. The van der Waals surface area contributed by atoms with Crippen molar-refractivity contribution in [1.29, 1.82) is 0 Å². The molecule has 1 aromatic carbocycles. The second-order valence-corrected chi connectivity index (χ2v) is 6.06. The lowest BCUT2D eigenvalue weighted by atomic mass is 10.2. The highest BCUT2D eigenvalue weighted by molar-refractivity contribution is 14.1. The van der Waals surface area contributed by atoms with Crippen LogP contribution < -0.4 is 0 Å². The fraction of sp³-hybridized carbons (Fsp3) is 0.0714. The normalized spacial score (nSPS) is 10.9. The van der Waals surface area contributed by atoms with Crippen LogP contribution in [-0.2, 0) is 6.54 Å². The zero-order valence-corrected chi connectivity index (χ0v) is 14.0. The predicted molar refractivity (Wildman–Crippen MR) is 88.9 cm³/mol. The first-order valence-corrected chi connectivity index (χ1v) is 7.77. The second-order valence-electron chi connectivity index (χ2n) is 4.28. The van der Waals surface area contributed by atoms with E-state index in [4.69, 9.17) is 0 Å². The van der Waals surface area contributed by atoms with Gasteiger partial charge in [0.15, 0.2) is 3.83 Å². The fourth-order valence-electron chi connectivity index (χ4n) is 2.03. The van der Waals surface area contributed by atoms with Crippen LogP contribution in [0.15, 0.2) is 41.0 Å². The van der Waals surface area contributed by atoms with E-state index in [1.807, 2.05) is 30.3 Å². The van der Waals surface area contributed by atoms with E-state index in [0.29, 0.717) is 12.1 Å². The van der Waals surface area contributed by atoms with Gasteiger partial charge in [0.25, 0.3) is 0 Å². The van der Waals surface area contributed by atoms with Gasteiger partial charge < -0.3 is 4.57 Å². The molecule has 0 unspecified atom stereocenters. The molecule has 3 rings (SSSR count). The summed E-state index contributed by atoms with van der Waals surface area (Å²) in [5.74, 6) is 0. The van der Waals surface area contributed by atoms with Gasteiger partial charge in [0, 0.05) is 5.56 Å². The molecular weight excluding hydrogens is 433 g/mol. The third kappa shape index (κ3) is 2.62. The van der Waals surface area contributed by atoms with E-state index < -0.39 is 0 Å². The molecule has 0 fully saturated rings. The largest absolute Gasteiger partial charge is 0.313 e. The van der Waals surface area contributed by atoms with Crippen molar-refractivity contribution in [2.75, 3.05) is 0 Å². The van der Waals surface area contributed by atoms with Gasteiger partial charge in [-0.15, -0.1) is 0 Å². The average Bonchev–Trinajstić information content (AvgIpc) is 2.74. The summed E-state index contributed by atoms with van der Waals surface area (Å²) >= 11 is 5.57. The van der Waals surface area contributed by atoms with Gasteiger partial charge in [-0.3, -0.25) is 4.79 Å². The molecule has 0 bridgehead atoms. The van der Waals surface area contributed by atoms with E-state index in [1.165, 1.54) is 0 Å². The summed E-state index contributed by atoms with van der Waals surface area (Å²) in [6.45, 7) is 0.622. The van der Waals surface area contributed by atoms with Gasteiger partial charge in [0.1, 0.15) is 10.9 Å². The first kappa shape index (κ1) is 13.7. The number of carbonyl (C=O) groups excluding carboxylic acids is 1. The molecule has 20 heavy (non-hydrogen) atoms. The average molecular weight is 442 g/mol. The molecule has 0 saturated heterocycles. The lowest BCUT2D eigenvalue weighted by Crippen LogP contribution is -2.04. The predicted octanol–water partition coefficient (Wildman–Crippen LogP) is 3.66. The zero-order chi connectivity index (χ0) is 14.1. The number of rotatable bonds is 3. The molecule has 6 heteroatoms. The quantitative estimate of drug-likeness (QED) is 0.354. The van der Waals surface area contributed by atoms with Crippen LogP contribution in [0.1, 0.15) is 16.1 Å². The molecule has 0 atom stereocenters. The van der Waals surface area contributed by atoms with Crippen molar-refractivity contribution < 1.29 is 4.79 Å². The van der Waals surface area contributed by atoms with Crippen LogP contribution in [0.25, 0.3) is 11.0 Å². The van der Waals surface area contributed by atoms with Crippen molar-refractivity contribution in [2.45, 2.75) is 6.54 Å². The molecule has 3 aromatic rings. The first-order valence-electron chi connectivity index (χ1n) is 5.90.